The average Bonchev–Trinajstić information content (AvgIpc) is 2.64. The fourth-order valence-electron chi connectivity index (χ4n) is 3.07. The quantitative estimate of drug-likeness (QED) is 0.786. The van der Waals surface area contributed by atoms with Gasteiger partial charge in [-0.25, -0.2) is 0 Å². The molecule has 2 nitrogen and oxygen atoms in total. The summed E-state index contributed by atoms with van der Waals surface area (Å²) in [6.07, 6.45) is 7.63. The van der Waals surface area contributed by atoms with Crippen LogP contribution in [0, 0.1) is 0 Å². The molecule has 3 unspecified atom stereocenters. The Bertz CT molecular complexity index is 392. The van der Waals surface area contributed by atoms with Crippen LogP contribution in [-0.4, -0.2) is 17.3 Å². The number of benzene rings is 1. The van der Waals surface area contributed by atoms with E-state index in [9.17, 15) is 5.11 Å². The molecule has 0 radical (unpaired) electrons. The van der Waals surface area contributed by atoms with Gasteiger partial charge in [0.05, 0.1) is 6.10 Å². The number of rotatable bonds is 5. The second-order valence-corrected chi connectivity index (χ2v) is 6.31. The van der Waals surface area contributed by atoms with Gasteiger partial charge in [0, 0.05) is 17.1 Å². The van der Waals surface area contributed by atoms with Crippen LogP contribution < -0.4 is 5.32 Å². The first-order chi connectivity index (χ1) is 9.70. The number of halogens is 1. The molecular weight excluding hydrogens is 270 g/mol. The molecule has 0 spiro atoms. The van der Waals surface area contributed by atoms with E-state index in [1.807, 2.05) is 12.1 Å². The molecule has 2 N–H and O–H groups in total. The summed E-state index contributed by atoms with van der Waals surface area (Å²) in [7, 11) is 0. The number of hydrogen-bond donors (Lipinski definition) is 2. The van der Waals surface area contributed by atoms with Crippen molar-refractivity contribution in [2.75, 3.05) is 0 Å². The molecule has 1 saturated carbocycles. The monoisotopic (exact) mass is 295 g/mol. The molecule has 3 atom stereocenters. The SMILES string of the molecule is CCCC(NC1CCCCCC1O)c1ccc(Cl)cc1. The summed E-state index contributed by atoms with van der Waals surface area (Å²) >= 11 is 5.97. The highest BCUT2D eigenvalue weighted by Gasteiger charge is 2.24. The molecule has 112 valence electrons. The molecule has 1 aromatic rings. The lowest BCUT2D eigenvalue weighted by molar-refractivity contribution is 0.112. The minimum Gasteiger partial charge on any atom is -0.392 e. The van der Waals surface area contributed by atoms with Crippen molar-refractivity contribution >= 4 is 11.6 Å². The molecule has 20 heavy (non-hydrogen) atoms. The fraction of sp³-hybridized carbons (Fsp3) is 0.647. The smallest absolute Gasteiger partial charge is 0.0693 e. The maximum Gasteiger partial charge on any atom is 0.0693 e. The number of nitrogens with one attached hydrogen (secondary N) is 1. The zero-order chi connectivity index (χ0) is 14.4. The van der Waals surface area contributed by atoms with Crippen molar-refractivity contribution in [3.63, 3.8) is 0 Å². The molecule has 0 aromatic heterocycles. The lowest BCUT2D eigenvalue weighted by Gasteiger charge is -2.28. The van der Waals surface area contributed by atoms with Gasteiger partial charge in [0.1, 0.15) is 0 Å². The molecule has 1 fully saturated rings. The summed E-state index contributed by atoms with van der Waals surface area (Å²) in [6, 6.07) is 8.63. The Morgan fingerprint density at radius 2 is 1.90 bits per heavy atom. The molecular formula is C17H26ClNO. The minimum atomic E-state index is -0.204. The Hall–Kier alpha value is -0.570. The van der Waals surface area contributed by atoms with Crippen LogP contribution in [0.15, 0.2) is 24.3 Å². The molecule has 0 saturated heterocycles. The van der Waals surface area contributed by atoms with Gasteiger partial charge in [-0.1, -0.05) is 56.3 Å². The maximum atomic E-state index is 10.3. The normalized spacial score (nSPS) is 25.1. The molecule has 2 rings (SSSR count). The van der Waals surface area contributed by atoms with Gasteiger partial charge in [0.25, 0.3) is 0 Å². The number of aliphatic hydroxyl groups is 1. The predicted molar refractivity (Wildman–Crippen MR) is 85.1 cm³/mol. The van der Waals surface area contributed by atoms with E-state index in [2.05, 4.69) is 24.4 Å². The van der Waals surface area contributed by atoms with Gasteiger partial charge in [-0.3, -0.25) is 0 Å². The third-order valence-electron chi connectivity index (χ3n) is 4.24. The third kappa shape index (κ3) is 4.47. The van der Waals surface area contributed by atoms with Crippen LogP contribution in [-0.2, 0) is 0 Å². The first-order valence-corrected chi connectivity index (χ1v) is 8.28. The summed E-state index contributed by atoms with van der Waals surface area (Å²) in [5.74, 6) is 0. The Kier molecular flexibility index (Phi) is 6.34. The molecule has 1 aliphatic rings. The Morgan fingerprint density at radius 1 is 1.20 bits per heavy atom. The summed E-state index contributed by atoms with van der Waals surface area (Å²) in [5.41, 5.74) is 1.27. The van der Waals surface area contributed by atoms with Gasteiger partial charge < -0.3 is 10.4 Å². The van der Waals surface area contributed by atoms with Gasteiger partial charge in [-0.15, -0.1) is 0 Å². The first-order valence-electron chi connectivity index (χ1n) is 7.90. The second kappa shape index (κ2) is 8.02. The van der Waals surface area contributed by atoms with E-state index >= 15 is 0 Å². The lowest BCUT2D eigenvalue weighted by Crippen LogP contribution is -2.41. The summed E-state index contributed by atoms with van der Waals surface area (Å²) in [5, 5.41) is 14.7. The van der Waals surface area contributed by atoms with Crippen LogP contribution in [0.2, 0.25) is 5.02 Å². The highest BCUT2D eigenvalue weighted by Crippen LogP contribution is 2.25. The lowest BCUT2D eigenvalue weighted by atomic mass is 9.98. The highest BCUT2D eigenvalue weighted by atomic mass is 35.5. The second-order valence-electron chi connectivity index (χ2n) is 5.87. The van der Waals surface area contributed by atoms with Crippen LogP contribution >= 0.6 is 11.6 Å². The zero-order valence-corrected chi connectivity index (χ0v) is 13.1. The third-order valence-corrected chi connectivity index (χ3v) is 4.50. The van der Waals surface area contributed by atoms with Crippen LogP contribution in [0.1, 0.15) is 63.5 Å². The van der Waals surface area contributed by atoms with E-state index in [-0.39, 0.29) is 12.1 Å². The molecule has 0 heterocycles. The largest absolute Gasteiger partial charge is 0.392 e. The Balaban J connectivity index is 2.05. The first kappa shape index (κ1) is 15.8. The highest BCUT2D eigenvalue weighted by molar-refractivity contribution is 6.30. The van der Waals surface area contributed by atoms with Gasteiger partial charge in [0.15, 0.2) is 0 Å². The van der Waals surface area contributed by atoms with E-state index in [0.29, 0.717) is 6.04 Å². The van der Waals surface area contributed by atoms with E-state index in [1.165, 1.54) is 18.4 Å². The van der Waals surface area contributed by atoms with Gasteiger partial charge >= 0.3 is 0 Å². The summed E-state index contributed by atoms with van der Waals surface area (Å²) < 4.78 is 0. The Morgan fingerprint density at radius 3 is 2.60 bits per heavy atom. The zero-order valence-electron chi connectivity index (χ0n) is 12.3. The maximum absolute atomic E-state index is 10.3. The van der Waals surface area contributed by atoms with Crippen molar-refractivity contribution in [1.82, 2.24) is 5.32 Å². The number of hydrogen-bond acceptors (Lipinski definition) is 2. The van der Waals surface area contributed by atoms with Crippen LogP contribution in [0.3, 0.4) is 0 Å². The average molecular weight is 296 g/mol. The summed E-state index contributed by atoms with van der Waals surface area (Å²) in [6.45, 7) is 2.20. The van der Waals surface area contributed by atoms with Crippen molar-refractivity contribution in [3.8, 4) is 0 Å². The summed E-state index contributed by atoms with van der Waals surface area (Å²) in [4.78, 5) is 0. The molecule has 1 aromatic carbocycles. The molecule has 0 aliphatic heterocycles. The van der Waals surface area contributed by atoms with Crippen molar-refractivity contribution < 1.29 is 5.11 Å². The van der Waals surface area contributed by atoms with Gasteiger partial charge in [-0.05, 0) is 37.0 Å². The standard InChI is InChI=1S/C17H26ClNO/c1-2-6-15(13-9-11-14(18)12-10-13)19-16-7-4-3-5-8-17(16)20/h9-12,15-17,19-20H,2-8H2,1H3. The van der Waals surface area contributed by atoms with E-state index in [0.717, 1.165) is 37.1 Å². The topological polar surface area (TPSA) is 32.3 Å². The van der Waals surface area contributed by atoms with Crippen molar-refractivity contribution in [3.05, 3.63) is 34.9 Å². The molecule has 1 aliphatic carbocycles. The van der Waals surface area contributed by atoms with Gasteiger partial charge in [0.2, 0.25) is 0 Å². The van der Waals surface area contributed by atoms with Crippen LogP contribution in [0.5, 0.6) is 0 Å². The van der Waals surface area contributed by atoms with Crippen LogP contribution in [0.4, 0.5) is 0 Å². The van der Waals surface area contributed by atoms with Gasteiger partial charge in [-0.2, -0.15) is 0 Å². The molecule has 3 heteroatoms. The van der Waals surface area contributed by atoms with E-state index < -0.39 is 0 Å². The van der Waals surface area contributed by atoms with Crippen molar-refractivity contribution in [2.24, 2.45) is 0 Å². The minimum absolute atomic E-state index is 0.204. The molecule has 0 bridgehead atoms. The fourth-order valence-corrected chi connectivity index (χ4v) is 3.20. The van der Waals surface area contributed by atoms with Crippen molar-refractivity contribution in [2.45, 2.75) is 70.1 Å². The Labute approximate surface area is 127 Å². The van der Waals surface area contributed by atoms with Crippen molar-refractivity contribution in [1.29, 1.82) is 0 Å². The molecule has 0 amide bonds. The van der Waals surface area contributed by atoms with Crippen LogP contribution in [0.25, 0.3) is 0 Å². The van der Waals surface area contributed by atoms with E-state index in [4.69, 9.17) is 11.6 Å². The predicted octanol–water partition coefficient (Wildman–Crippen LogP) is 4.46. The number of aliphatic hydroxyl groups excluding tert-OH is 1. The van der Waals surface area contributed by atoms with E-state index in [1.54, 1.807) is 0 Å².